The number of aromatic hydroxyl groups is 6. The molecule has 8 N–H and O–H groups in total. The number of methoxy groups -OCH3 is 3. The Morgan fingerprint density at radius 2 is 0.923 bits per heavy atom. The first-order chi connectivity index (χ1) is 24.9. The van der Waals surface area contributed by atoms with E-state index in [9.17, 15) is 45.0 Å². The van der Waals surface area contributed by atoms with Gasteiger partial charge >= 0.3 is 0 Å². The first-order valence-electron chi connectivity index (χ1n) is 16.1. The van der Waals surface area contributed by atoms with E-state index in [1.807, 2.05) is 0 Å². The lowest BCUT2D eigenvalue weighted by Crippen LogP contribution is -2.34. The highest BCUT2D eigenvalue weighted by molar-refractivity contribution is 5.93. The summed E-state index contributed by atoms with van der Waals surface area (Å²) in [5, 5.41) is 64.5. The number of phenolic OH excluding ortho intramolecular Hbond substituents is 6. The molecule has 3 aromatic carbocycles. The van der Waals surface area contributed by atoms with E-state index in [1.54, 1.807) is 4.90 Å². The normalized spacial score (nSPS) is 11.2. The lowest BCUT2D eigenvalue weighted by molar-refractivity contribution is -0.126. The van der Waals surface area contributed by atoms with Crippen LogP contribution in [-0.2, 0) is 14.4 Å². The molecule has 0 heterocycles. The number of carbonyl (C=O) groups is 3. The fraction of sp³-hybridized carbons (Fsp3) is 0.270. The van der Waals surface area contributed by atoms with Gasteiger partial charge in [0.15, 0.2) is 34.5 Å². The second-order valence-electron chi connectivity index (χ2n) is 11.2. The number of carbonyl (C=O) groups excluding carboxylic acids is 3. The third-order valence-electron chi connectivity index (χ3n) is 7.53. The van der Waals surface area contributed by atoms with Gasteiger partial charge in [-0.05, 0) is 90.6 Å². The molecule has 3 amide bonds. The molecule has 3 rings (SSSR count). The molecule has 15 heteroatoms. The van der Waals surface area contributed by atoms with Gasteiger partial charge in [-0.3, -0.25) is 14.4 Å². The Bertz CT molecular complexity index is 1820. The van der Waals surface area contributed by atoms with Crippen molar-refractivity contribution in [3.63, 3.8) is 0 Å². The molecular weight excluding hydrogens is 678 g/mol. The first-order valence-corrected chi connectivity index (χ1v) is 16.1. The molecule has 0 atom stereocenters. The summed E-state index contributed by atoms with van der Waals surface area (Å²) in [5.41, 5.74) is 1.28. The monoisotopic (exact) mass is 721 g/mol. The fourth-order valence-electron chi connectivity index (χ4n) is 4.78. The van der Waals surface area contributed by atoms with E-state index in [0.29, 0.717) is 49.0 Å². The predicted octanol–water partition coefficient (Wildman–Crippen LogP) is 3.62. The van der Waals surface area contributed by atoms with Gasteiger partial charge in [0.25, 0.3) is 0 Å². The second kappa shape index (κ2) is 19.6. The number of hydrogen-bond acceptors (Lipinski definition) is 12. The van der Waals surface area contributed by atoms with Crippen molar-refractivity contribution in [3.05, 3.63) is 71.3 Å². The molecule has 52 heavy (non-hydrogen) atoms. The molecule has 3 aromatic rings. The summed E-state index contributed by atoms with van der Waals surface area (Å²) in [6, 6.07) is 8.21. The van der Waals surface area contributed by atoms with E-state index in [-0.39, 0.29) is 47.9 Å². The van der Waals surface area contributed by atoms with Gasteiger partial charge in [0.05, 0.1) is 21.3 Å². The highest BCUT2D eigenvalue weighted by Gasteiger charge is 2.13. The van der Waals surface area contributed by atoms with Crippen molar-refractivity contribution in [2.75, 3.05) is 47.5 Å². The lowest BCUT2D eigenvalue weighted by atomic mass is 10.1. The Balaban J connectivity index is 1.56. The number of amides is 3. The molecule has 0 unspecified atom stereocenters. The van der Waals surface area contributed by atoms with E-state index in [1.165, 1.54) is 94.2 Å². The Kier molecular flexibility index (Phi) is 15.1. The average Bonchev–Trinajstić information content (AvgIpc) is 3.13. The highest BCUT2D eigenvalue weighted by atomic mass is 16.5. The van der Waals surface area contributed by atoms with E-state index in [2.05, 4.69) is 10.6 Å². The molecule has 0 aromatic heterocycles. The summed E-state index contributed by atoms with van der Waals surface area (Å²) in [7, 11) is 4.00. The van der Waals surface area contributed by atoms with Crippen LogP contribution >= 0.6 is 0 Å². The van der Waals surface area contributed by atoms with E-state index in [4.69, 9.17) is 14.2 Å². The van der Waals surface area contributed by atoms with Crippen LogP contribution in [-0.4, -0.2) is 101 Å². The van der Waals surface area contributed by atoms with E-state index >= 15 is 0 Å². The Hall–Kier alpha value is -6.51. The largest absolute Gasteiger partial charge is 0.504 e. The number of nitrogens with one attached hydrogen (secondary N) is 2. The zero-order valence-corrected chi connectivity index (χ0v) is 29.0. The van der Waals surface area contributed by atoms with Crippen molar-refractivity contribution < 1.29 is 59.2 Å². The second-order valence-corrected chi connectivity index (χ2v) is 11.2. The van der Waals surface area contributed by atoms with Gasteiger partial charge in [0.1, 0.15) is 0 Å². The van der Waals surface area contributed by atoms with Crippen LogP contribution in [0, 0.1) is 0 Å². The van der Waals surface area contributed by atoms with E-state index in [0.717, 1.165) is 0 Å². The van der Waals surface area contributed by atoms with Gasteiger partial charge in [-0.15, -0.1) is 0 Å². The Morgan fingerprint density at radius 3 is 1.33 bits per heavy atom. The standard InChI is InChI=1S/C37H43N3O12/c1-50-29-20-23(17-26(41)35(29)47)7-10-32(44)38-13-4-5-15-40(34(46)12-9-25-19-28(43)37(49)31(22-25)52-3)16-6-14-39-33(45)11-8-24-18-27(42)36(48)30(21-24)51-2/h7-12,17-22,41-43,47-49H,4-6,13-16H2,1-3H3,(H,38,44)(H,39,45)/b10-7+,11-8+,12-9+. The minimum absolute atomic E-state index is 0.0351. The third-order valence-corrected chi connectivity index (χ3v) is 7.53. The molecule has 0 saturated carbocycles. The highest BCUT2D eigenvalue weighted by Crippen LogP contribution is 2.38. The van der Waals surface area contributed by atoms with Gasteiger partial charge in [0, 0.05) is 44.4 Å². The average molecular weight is 722 g/mol. The van der Waals surface area contributed by atoms with Crippen molar-refractivity contribution in [1.29, 1.82) is 0 Å². The summed E-state index contributed by atoms with van der Waals surface area (Å²) in [6.45, 7) is 1.14. The van der Waals surface area contributed by atoms with Crippen LogP contribution in [0.5, 0.6) is 51.7 Å². The van der Waals surface area contributed by atoms with Crippen LogP contribution in [0.3, 0.4) is 0 Å². The number of phenols is 6. The van der Waals surface area contributed by atoms with Crippen molar-refractivity contribution in [2.24, 2.45) is 0 Å². The van der Waals surface area contributed by atoms with Crippen molar-refractivity contribution >= 4 is 35.9 Å². The zero-order chi connectivity index (χ0) is 38.2. The van der Waals surface area contributed by atoms with Crippen LogP contribution in [0.25, 0.3) is 18.2 Å². The SMILES string of the molecule is COc1cc(/C=C/C(=O)NCCCCN(CCCNC(=O)/C=C/c2cc(O)c(O)c(OC)c2)C(=O)/C=C/c2cc(O)c(O)c(OC)c2)cc(O)c1O. The van der Waals surface area contributed by atoms with Crippen molar-refractivity contribution in [1.82, 2.24) is 15.5 Å². The summed E-state index contributed by atoms with van der Waals surface area (Å²) in [5.74, 6) is -3.44. The van der Waals surface area contributed by atoms with Gasteiger partial charge in [0.2, 0.25) is 35.0 Å². The summed E-state index contributed by atoms with van der Waals surface area (Å²) in [6.07, 6.45) is 9.67. The van der Waals surface area contributed by atoms with Gasteiger partial charge in [-0.1, -0.05) is 0 Å². The van der Waals surface area contributed by atoms with Gasteiger partial charge in [-0.25, -0.2) is 0 Å². The molecule has 0 radical (unpaired) electrons. The minimum atomic E-state index is -0.423. The molecule has 0 fully saturated rings. The molecule has 0 saturated heterocycles. The van der Waals surface area contributed by atoms with Crippen LogP contribution in [0.1, 0.15) is 36.0 Å². The molecule has 0 spiro atoms. The molecule has 0 bridgehead atoms. The van der Waals surface area contributed by atoms with Gasteiger partial charge < -0.3 is 60.4 Å². The number of unbranched alkanes of at least 4 members (excludes halogenated alkanes) is 1. The maximum Gasteiger partial charge on any atom is 0.246 e. The number of ether oxygens (including phenoxy) is 3. The molecular formula is C37H43N3O12. The number of hydrogen-bond donors (Lipinski definition) is 8. The Labute approximate surface area is 300 Å². The van der Waals surface area contributed by atoms with Crippen LogP contribution in [0.4, 0.5) is 0 Å². The molecule has 0 aliphatic carbocycles. The van der Waals surface area contributed by atoms with Gasteiger partial charge in [-0.2, -0.15) is 0 Å². The smallest absolute Gasteiger partial charge is 0.246 e. The van der Waals surface area contributed by atoms with Crippen molar-refractivity contribution in [3.8, 4) is 51.7 Å². The lowest BCUT2D eigenvalue weighted by Gasteiger charge is -2.21. The molecule has 15 nitrogen and oxygen atoms in total. The number of benzene rings is 3. The topological polar surface area (TPSA) is 228 Å². The summed E-state index contributed by atoms with van der Waals surface area (Å²) in [4.78, 5) is 39.5. The van der Waals surface area contributed by atoms with E-state index < -0.39 is 34.7 Å². The zero-order valence-electron chi connectivity index (χ0n) is 29.0. The number of rotatable bonds is 18. The summed E-state index contributed by atoms with van der Waals surface area (Å²) >= 11 is 0. The first kappa shape index (κ1) is 39.9. The maximum absolute atomic E-state index is 13.2. The minimum Gasteiger partial charge on any atom is -0.504 e. The molecule has 0 aliphatic heterocycles. The van der Waals surface area contributed by atoms with Crippen LogP contribution in [0.2, 0.25) is 0 Å². The molecule has 278 valence electrons. The Morgan fingerprint density at radius 1 is 0.558 bits per heavy atom. The predicted molar refractivity (Wildman–Crippen MR) is 193 cm³/mol. The summed E-state index contributed by atoms with van der Waals surface area (Å²) < 4.78 is 15.1. The third kappa shape index (κ3) is 11.8. The maximum atomic E-state index is 13.2. The quantitative estimate of drug-likeness (QED) is 0.0536. The van der Waals surface area contributed by atoms with Crippen molar-refractivity contribution in [2.45, 2.75) is 19.3 Å². The number of nitrogens with zero attached hydrogens (tertiary/aromatic N) is 1. The van der Waals surface area contributed by atoms with Crippen LogP contribution < -0.4 is 24.8 Å². The van der Waals surface area contributed by atoms with Crippen LogP contribution in [0.15, 0.2) is 54.6 Å². The fourth-order valence-corrected chi connectivity index (χ4v) is 4.78. The molecule has 0 aliphatic rings.